The fourth-order valence-electron chi connectivity index (χ4n) is 3.25. The van der Waals surface area contributed by atoms with E-state index >= 15 is 0 Å². The molecule has 2 aliphatic rings. The second-order valence-corrected chi connectivity index (χ2v) is 6.24. The van der Waals surface area contributed by atoms with Crippen molar-refractivity contribution in [3.8, 4) is 11.5 Å². The van der Waals surface area contributed by atoms with Gasteiger partial charge in [-0.2, -0.15) is 0 Å². The summed E-state index contributed by atoms with van der Waals surface area (Å²) in [6.45, 7) is 2.56. The summed E-state index contributed by atoms with van der Waals surface area (Å²) in [6.07, 6.45) is 7.79. The number of nitrogens with one attached hydrogen (secondary N) is 1. The summed E-state index contributed by atoms with van der Waals surface area (Å²) in [4.78, 5) is 0. The number of ether oxygens (including phenoxy) is 2. The van der Waals surface area contributed by atoms with Gasteiger partial charge in [-0.25, -0.2) is 0 Å². The molecule has 0 saturated heterocycles. The number of hydrogen-bond acceptors (Lipinski definition) is 3. The predicted octanol–water partition coefficient (Wildman–Crippen LogP) is 4.84. The number of anilines is 1. The van der Waals surface area contributed by atoms with E-state index in [-0.39, 0.29) is 6.79 Å². The Morgan fingerprint density at radius 1 is 1.15 bits per heavy atom. The van der Waals surface area contributed by atoms with Crippen molar-refractivity contribution in [1.82, 2.24) is 0 Å². The lowest BCUT2D eigenvalue weighted by Gasteiger charge is -2.30. The largest absolute Gasteiger partial charge is 0.454 e. The van der Waals surface area contributed by atoms with Crippen LogP contribution in [0.1, 0.15) is 45.4 Å². The average Bonchev–Trinajstić information content (AvgIpc) is 2.89. The SMILES string of the molecule is CCCC1CCC(Nc2cc3c(cc2Cl)OCO3)CC1. The van der Waals surface area contributed by atoms with Crippen LogP contribution in [0.5, 0.6) is 11.5 Å². The molecule has 0 spiro atoms. The Labute approximate surface area is 125 Å². The summed E-state index contributed by atoms with van der Waals surface area (Å²) < 4.78 is 10.7. The van der Waals surface area contributed by atoms with E-state index in [2.05, 4.69) is 12.2 Å². The van der Waals surface area contributed by atoms with Crippen molar-refractivity contribution in [2.45, 2.75) is 51.5 Å². The van der Waals surface area contributed by atoms with E-state index in [9.17, 15) is 0 Å². The Morgan fingerprint density at radius 3 is 2.55 bits per heavy atom. The minimum atomic E-state index is 0.289. The normalized spacial score (nSPS) is 24.7. The molecule has 1 N–H and O–H groups in total. The molecule has 0 radical (unpaired) electrons. The van der Waals surface area contributed by atoms with Crippen molar-refractivity contribution >= 4 is 17.3 Å². The number of rotatable bonds is 4. The van der Waals surface area contributed by atoms with Gasteiger partial charge in [0.15, 0.2) is 11.5 Å². The van der Waals surface area contributed by atoms with Gasteiger partial charge in [-0.05, 0) is 31.6 Å². The molecule has 0 bridgehead atoms. The summed E-state index contributed by atoms with van der Waals surface area (Å²) in [6, 6.07) is 4.33. The lowest BCUT2D eigenvalue weighted by Crippen LogP contribution is -2.26. The zero-order valence-corrected chi connectivity index (χ0v) is 12.7. The maximum atomic E-state index is 6.31. The third kappa shape index (κ3) is 2.98. The van der Waals surface area contributed by atoms with Crippen molar-refractivity contribution in [1.29, 1.82) is 0 Å². The van der Waals surface area contributed by atoms with Gasteiger partial charge in [0.2, 0.25) is 6.79 Å². The van der Waals surface area contributed by atoms with Gasteiger partial charge >= 0.3 is 0 Å². The molecular weight excluding hydrogens is 274 g/mol. The highest BCUT2D eigenvalue weighted by molar-refractivity contribution is 6.33. The van der Waals surface area contributed by atoms with E-state index in [0.29, 0.717) is 11.1 Å². The van der Waals surface area contributed by atoms with Crippen molar-refractivity contribution in [3.05, 3.63) is 17.2 Å². The second-order valence-electron chi connectivity index (χ2n) is 5.84. The van der Waals surface area contributed by atoms with Crippen LogP contribution in [-0.2, 0) is 0 Å². The van der Waals surface area contributed by atoms with Crippen LogP contribution in [0.4, 0.5) is 5.69 Å². The predicted molar refractivity (Wildman–Crippen MR) is 81.9 cm³/mol. The molecule has 3 rings (SSSR count). The fourth-order valence-corrected chi connectivity index (χ4v) is 3.46. The molecule has 1 aliphatic carbocycles. The minimum Gasteiger partial charge on any atom is -0.454 e. The monoisotopic (exact) mass is 295 g/mol. The smallest absolute Gasteiger partial charge is 0.231 e. The first-order valence-electron chi connectivity index (χ1n) is 7.62. The molecule has 4 heteroatoms. The summed E-state index contributed by atoms with van der Waals surface area (Å²) in [5.74, 6) is 2.45. The van der Waals surface area contributed by atoms with Crippen LogP contribution in [-0.4, -0.2) is 12.8 Å². The van der Waals surface area contributed by atoms with Crippen molar-refractivity contribution in [2.75, 3.05) is 12.1 Å². The molecule has 0 aromatic heterocycles. The van der Waals surface area contributed by atoms with Crippen LogP contribution in [0.3, 0.4) is 0 Å². The van der Waals surface area contributed by atoms with Gasteiger partial charge in [0.1, 0.15) is 0 Å². The fraction of sp³-hybridized carbons (Fsp3) is 0.625. The first-order chi connectivity index (χ1) is 9.76. The second kappa shape index (κ2) is 6.13. The molecule has 1 aromatic rings. The summed E-state index contributed by atoms with van der Waals surface area (Å²) in [7, 11) is 0. The molecule has 1 saturated carbocycles. The van der Waals surface area contributed by atoms with Gasteiger partial charge in [0.25, 0.3) is 0 Å². The van der Waals surface area contributed by atoms with Gasteiger partial charge in [-0.3, -0.25) is 0 Å². The van der Waals surface area contributed by atoms with E-state index in [1.54, 1.807) is 0 Å². The molecule has 1 heterocycles. The van der Waals surface area contributed by atoms with Crippen molar-refractivity contribution in [2.24, 2.45) is 5.92 Å². The van der Waals surface area contributed by atoms with Gasteiger partial charge in [0.05, 0.1) is 10.7 Å². The molecule has 0 unspecified atom stereocenters. The van der Waals surface area contributed by atoms with Gasteiger partial charge < -0.3 is 14.8 Å². The Kier molecular flexibility index (Phi) is 4.25. The van der Waals surface area contributed by atoms with E-state index < -0.39 is 0 Å². The maximum absolute atomic E-state index is 6.31. The van der Waals surface area contributed by atoms with E-state index in [4.69, 9.17) is 21.1 Å². The topological polar surface area (TPSA) is 30.5 Å². The number of fused-ring (bicyclic) bond motifs is 1. The van der Waals surface area contributed by atoms with Gasteiger partial charge in [-0.15, -0.1) is 0 Å². The zero-order chi connectivity index (χ0) is 13.9. The molecule has 110 valence electrons. The Bertz CT molecular complexity index is 470. The van der Waals surface area contributed by atoms with Crippen molar-refractivity contribution < 1.29 is 9.47 Å². The highest BCUT2D eigenvalue weighted by atomic mass is 35.5. The molecule has 20 heavy (non-hydrogen) atoms. The number of halogens is 1. The molecule has 0 atom stereocenters. The molecule has 1 aromatic carbocycles. The van der Waals surface area contributed by atoms with E-state index in [0.717, 1.165) is 23.1 Å². The van der Waals surface area contributed by atoms with E-state index in [1.165, 1.54) is 38.5 Å². The van der Waals surface area contributed by atoms with E-state index in [1.807, 2.05) is 12.1 Å². The quantitative estimate of drug-likeness (QED) is 0.862. The number of benzene rings is 1. The molecule has 0 amide bonds. The number of hydrogen-bond donors (Lipinski definition) is 1. The van der Waals surface area contributed by atoms with Gasteiger partial charge in [0, 0.05) is 18.2 Å². The third-order valence-electron chi connectivity index (χ3n) is 4.37. The van der Waals surface area contributed by atoms with Crippen LogP contribution >= 0.6 is 11.6 Å². The molecule has 3 nitrogen and oxygen atoms in total. The Morgan fingerprint density at radius 2 is 1.85 bits per heavy atom. The summed E-state index contributed by atoms with van der Waals surface area (Å²) in [5, 5.41) is 4.29. The summed E-state index contributed by atoms with van der Waals surface area (Å²) in [5.41, 5.74) is 0.967. The molecular formula is C16H22ClNO2. The van der Waals surface area contributed by atoms with Crippen LogP contribution in [0.25, 0.3) is 0 Å². The standard InChI is InChI=1S/C16H22ClNO2/c1-2-3-11-4-6-12(7-5-11)18-14-9-16-15(8-13(14)17)19-10-20-16/h8-9,11-12,18H,2-7,10H2,1H3. The third-order valence-corrected chi connectivity index (χ3v) is 4.68. The van der Waals surface area contributed by atoms with Crippen LogP contribution < -0.4 is 14.8 Å². The van der Waals surface area contributed by atoms with Gasteiger partial charge in [-0.1, -0.05) is 31.4 Å². The van der Waals surface area contributed by atoms with Crippen LogP contribution in [0.15, 0.2) is 12.1 Å². The zero-order valence-electron chi connectivity index (χ0n) is 12.0. The highest BCUT2D eigenvalue weighted by Crippen LogP contribution is 2.40. The summed E-state index contributed by atoms with van der Waals surface area (Å²) >= 11 is 6.31. The Balaban J connectivity index is 1.61. The molecule has 1 fully saturated rings. The lowest BCUT2D eigenvalue weighted by atomic mass is 9.83. The Hall–Kier alpha value is -1.09. The maximum Gasteiger partial charge on any atom is 0.231 e. The minimum absolute atomic E-state index is 0.289. The van der Waals surface area contributed by atoms with Crippen LogP contribution in [0, 0.1) is 5.92 Å². The first-order valence-corrected chi connectivity index (χ1v) is 7.99. The first kappa shape index (κ1) is 13.9. The average molecular weight is 296 g/mol. The highest BCUT2D eigenvalue weighted by Gasteiger charge is 2.22. The van der Waals surface area contributed by atoms with Crippen LogP contribution in [0.2, 0.25) is 5.02 Å². The molecule has 1 aliphatic heterocycles. The van der Waals surface area contributed by atoms with Crippen molar-refractivity contribution in [3.63, 3.8) is 0 Å². The lowest BCUT2D eigenvalue weighted by molar-refractivity contribution is 0.174.